The zero-order valence-corrected chi connectivity index (χ0v) is 9.53. The Kier molecular flexibility index (Phi) is 4.74. The average molecular weight is 247 g/mol. The van der Waals surface area contributed by atoms with Gasteiger partial charge in [0.2, 0.25) is 0 Å². The van der Waals surface area contributed by atoms with Crippen LogP contribution in [0.2, 0.25) is 0 Å². The van der Waals surface area contributed by atoms with Gasteiger partial charge >= 0.3 is 0 Å². The number of aryl methyl sites for hydroxylation is 1. The van der Waals surface area contributed by atoms with Gasteiger partial charge in [-0.15, -0.1) is 0 Å². The van der Waals surface area contributed by atoms with Gasteiger partial charge in [0.15, 0.2) is 4.77 Å². The first-order valence-corrected chi connectivity index (χ1v) is 5.00. The highest BCUT2D eigenvalue weighted by atomic mass is 32.1. The lowest BCUT2D eigenvalue weighted by molar-refractivity contribution is -0.0549. The molecule has 0 spiro atoms. The third-order valence-corrected chi connectivity index (χ3v) is 2.21. The van der Waals surface area contributed by atoms with Crippen molar-refractivity contribution in [2.75, 3.05) is 13.2 Å². The molecule has 16 heavy (non-hydrogen) atoms. The lowest BCUT2D eigenvalue weighted by Gasteiger charge is -2.13. The second-order valence-electron chi connectivity index (χ2n) is 3.13. The molecule has 0 aliphatic carbocycles. The number of H-pyrrole nitrogens is 1. The fourth-order valence-electron chi connectivity index (χ4n) is 0.951. The van der Waals surface area contributed by atoms with Crippen LogP contribution in [0.3, 0.4) is 0 Å². The van der Waals surface area contributed by atoms with Crippen molar-refractivity contribution in [3.8, 4) is 0 Å². The van der Waals surface area contributed by atoms with Gasteiger partial charge in [-0.1, -0.05) is 0 Å². The number of rotatable bonds is 5. The molecule has 0 saturated heterocycles. The molecule has 0 fully saturated rings. The van der Waals surface area contributed by atoms with Crippen LogP contribution in [0.25, 0.3) is 0 Å². The fraction of sp³-hybridized carbons (Fsp3) is 0.625. The molecule has 8 heteroatoms. The van der Waals surface area contributed by atoms with Crippen LogP contribution in [0.1, 0.15) is 5.69 Å². The summed E-state index contributed by atoms with van der Waals surface area (Å²) in [5, 5.41) is 21.4. The first-order chi connectivity index (χ1) is 7.58. The highest BCUT2D eigenvalue weighted by molar-refractivity contribution is 7.71. The summed E-state index contributed by atoms with van der Waals surface area (Å²) in [5.74, 6) is 0. The molecule has 0 aromatic carbocycles. The topological polar surface area (TPSA) is 100 Å². The molecule has 1 rings (SSSR count). The van der Waals surface area contributed by atoms with Crippen molar-refractivity contribution in [3.63, 3.8) is 0 Å². The minimum atomic E-state index is -0.684. The molecule has 0 unspecified atom stereocenters. The van der Waals surface area contributed by atoms with E-state index >= 15 is 0 Å². The van der Waals surface area contributed by atoms with E-state index in [2.05, 4.69) is 10.1 Å². The molecular weight excluding hydrogens is 234 g/mol. The Morgan fingerprint density at radius 3 is 2.75 bits per heavy atom. The molecule has 0 radical (unpaired) electrons. The second kappa shape index (κ2) is 5.85. The molecule has 1 aromatic rings. The maximum atomic E-state index is 11.1. The predicted molar refractivity (Wildman–Crippen MR) is 57.5 cm³/mol. The molecule has 0 atom stereocenters. The molecule has 1 heterocycles. The Morgan fingerprint density at radius 1 is 1.56 bits per heavy atom. The van der Waals surface area contributed by atoms with Gasteiger partial charge < -0.3 is 14.9 Å². The molecule has 0 bridgehead atoms. The number of aromatic nitrogens is 3. The monoisotopic (exact) mass is 247 g/mol. The Bertz CT molecular complexity index is 451. The SMILES string of the molecule is Cc1nn(COC(CO)CO)c(=S)[nH]c1=O. The lowest BCUT2D eigenvalue weighted by atomic mass is 10.4. The number of aromatic amines is 1. The summed E-state index contributed by atoms with van der Waals surface area (Å²) in [5.41, 5.74) is -0.0798. The van der Waals surface area contributed by atoms with Crippen molar-refractivity contribution in [3.05, 3.63) is 20.8 Å². The van der Waals surface area contributed by atoms with Crippen LogP contribution >= 0.6 is 12.2 Å². The van der Waals surface area contributed by atoms with E-state index in [1.54, 1.807) is 6.92 Å². The van der Waals surface area contributed by atoms with Crippen LogP contribution in [0.4, 0.5) is 0 Å². The number of hydrogen-bond acceptors (Lipinski definition) is 6. The number of hydrogen-bond donors (Lipinski definition) is 3. The van der Waals surface area contributed by atoms with Crippen LogP contribution in [-0.2, 0) is 11.5 Å². The summed E-state index contributed by atoms with van der Waals surface area (Å²) < 4.78 is 6.51. The minimum absolute atomic E-state index is 0.0394. The van der Waals surface area contributed by atoms with Gasteiger partial charge in [-0.3, -0.25) is 9.78 Å². The van der Waals surface area contributed by atoms with Crippen molar-refractivity contribution in [1.29, 1.82) is 0 Å². The van der Waals surface area contributed by atoms with E-state index in [-0.39, 0.29) is 36.0 Å². The van der Waals surface area contributed by atoms with E-state index in [0.717, 1.165) is 0 Å². The van der Waals surface area contributed by atoms with Crippen LogP contribution < -0.4 is 5.56 Å². The van der Waals surface area contributed by atoms with Crippen molar-refractivity contribution < 1.29 is 14.9 Å². The summed E-state index contributed by atoms with van der Waals surface area (Å²) in [6, 6.07) is 0. The lowest BCUT2D eigenvalue weighted by Crippen LogP contribution is -2.26. The van der Waals surface area contributed by atoms with E-state index in [1.165, 1.54) is 4.68 Å². The van der Waals surface area contributed by atoms with Crippen molar-refractivity contribution in [1.82, 2.24) is 14.8 Å². The second-order valence-corrected chi connectivity index (χ2v) is 3.51. The first-order valence-electron chi connectivity index (χ1n) is 4.60. The predicted octanol–water partition coefficient (Wildman–Crippen LogP) is -1.06. The van der Waals surface area contributed by atoms with Crippen LogP contribution in [0, 0.1) is 11.7 Å². The number of nitrogens with zero attached hydrogens (tertiary/aromatic N) is 2. The highest BCUT2D eigenvalue weighted by Crippen LogP contribution is 1.93. The summed E-state index contributed by atoms with van der Waals surface area (Å²) in [6.07, 6.45) is -0.684. The van der Waals surface area contributed by atoms with Gasteiger partial charge in [0.25, 0.3) is 5.56 Å². The maximum Gasteiger partial charge on any atom is 0.273 e. The Labute approximate surface area is 96.3 Å². The Morgan fingerprint density at radius 2 is 2.19 bits per heavy atom. The van der Waals surface area contributed by atoms with Gasteiger partial charge in [-0.2, -0.15) is 5.10 Å². The zero-order valence-electron chi connectivity index (χ0n) is 8.71. The van der Waals surface area contributed by atoms with E-state index in [1.807, 2.05) is 0 Å². The Balaban J connectivity index is 2.78. The van der Waals surface area contributed by atoms with Crippen molar-refractivity contribution >= 4 is 12.2 Å². The summed E-state index contributed by atoms with van der Waals surface area (Å²) in [4.78, 5) is 13.5. The van der Waals surface area contributed by atoms with Crippen LogP contribution in [0.15, 0.2) is 4.79 Å². The molecule has 0 aliphatic rings. The van der Waals surface area contributed by atoms with E-state index < -0.39 is 6.10 Å². The third kappa shape index (κ3) is 3.20. The van der Waals surface area contributed by atoms with Crippen LogP contribution in [-0.4, -0.2) is 44.3 Å². The third-order valence-electron chi connectivity index (χ3n) is 1.89. The zero-order chi connectivity index (χ0) is 12.1. The van der Waals surface area contributed by atoms with Crippen LogP contribution in [0.5, 0.6) is 0 Å². The molecule has 3 N–H and O–H groups in total. The van der Waals surface area contributed by atoms with E-state index in [9.17, 15) is 4.79 Å². The molecule has 7 nitrogen and oxygen atoms in total. The van der Waals surface area contributed by atoms with Crippen molar-refractivity contribution in [2.45, 2.75) is 19.8 Å². The normalized spacial score (nSPS) is 11.0. The number of aliphatic hydroxyl groups is 2. The molecule has 1 aromatic heterocycles. The van der Waals surface area contributed by atoms with E-state index in [4.69, 9.17) is 27.2 Å². The standard InChI is InChI=1S/C8H13N3O4S/c1-5-7(14)9-8(16)11(10-5)4-15-6(2-12)3-13/h6,12-13H,2-4H2,1H3,(H,9,14,16). The minimum Gasteiger partial charge on any atom is -0.394 e. The number of nitrogens with one attached hydrogen (secondary N) is 1. The average Bonchev–Trinajstić information content (AvgIpc) is 2.26. The molecular formula is C8H13N3O4S. The molecule has 0 amide bonds. The van der Waals surface area contributed by atoms with Gasteiger partial charge in [0.05, 0.1) is 13.2 Å². The summed E-state index contributed by atoms with van der Waals surface area (Å²) in [6.45, 7) is 0.903. The molecule has 0 saturated carbocycles. The van der Waals surface area contributed by atoms with Gasteiger partial charge in [-0.05, 0) is 19.1 Å². The van der Waals surface area contributed by atoms with E-state index in [0.29, 0.717) is 0 Å². The first kappa shape index (κ1) is 13.0. The quantitative estimate of drug-likeness (QED) is 0.573. The largest absolute Gasteiger partial charge is 0.394 e. The van der Waals surface area contributed by atoms with Gasteiger partial charge in [0, 0.05) is 0 Å². The fourth-order valence-corrected chi connectivity index (χ4v) is 1.14. The Hall–Kier alpha value is -1.09. The molecule has 0 aliphatic heterocycles. The summed E-state index contributed by atoms with van der Waals surface area (Å²) in [7, 11) is 0. The smallest absolute Gasteiger partial charge is 0.273 e. The number of aliphatic hydroxyl groups excluding tert-OH is 2. The summed E-state index contributed by atoms with van der Waals surface area (Å²) >= 11 is 4.86. The number of ether oxygens (including phenoxy) is 1. The van der Waals surface area contributed by atoms with Crippen molar-refractivity contribution in [2.24, 2.45) is 0 Å². The molecule has 90 valence electrons. The maximum absolute atomic E-state index is 11.1. The van der Waals surface area contributed by atoms with Gasteiger partial charge in [-0.25, -0.2) is 4.68 Å². The van der Waals surface area contributed by atoms with Gasteiger partial charge in [0.1, 0.15) is 18.5 Å². The highest BCUT2D eigenvalue weighted by Gasteiger charge is 2.07.